The van der Waals surface area contributed by atoms with Gasteiger partial charge in [0.15, 0.2) is 0 Å². The first-order valence-electron chi connectivity index (χ1n) is 6.29. The van der Waals surface area contributed by atoms with Crippen LogP contribution >= 0.6 is 0 Å². The highest BCUT2D eigenvalue weighted by atomic mass is 14.5. The zero-order chi connectivity index (χ0) is 12.2. The Balaban J connectivity index is 0.000000385. The number of rotatable bonds is 5. The van der Waals surface area contributed by atoms with Crippen LogP contribution in [0.15, 0.2) is 24.3 Å². The molecule has 0 atom stereocenters. The zero-order valence-corrected chi connectivity index (χ0v) is 10.7. The monoisotopic (exact) mass is 222 g/mol. The summed E-state index contributed by atoms with van der Waals surface area (Å²) in [6.45, 7) is 5.18. The number of nitrogen functional groups attached to an aromatic ring is 1. The van der Waals surface area contributed by atoms with E-state index in [4.69, 9.17) is 11.5 Å². The van der Waals surface area contributed by atoms with E-state index in [1.54, 1.807) is 0 Å². The van der Waals surface area contributed by atoms with Gasteiger partial charge >= 0.3 is 0 Å². The van der Waals surface area contributed by atoms with Gasteiger partial charge in [-0.15, -0.1) is 0 Å². The van der Waals surface area contributed by atoms with Crippen LogP contribution in [0.25, 0.3) is 0 Å². The molecule has 2 nitrogen and oxygen atoms in total. The lowest BCUT2D eigenvalue weighted by Crippen LogP contribution is -1.95. The van der Waals surface area contributed by atoms with Crippen molar-refractivity contribution in [2.24, 2.45) is 5.73 Å². The standard InChI is InChI=1S/C10H15N.C4H11N/c1-2-3-5-9-6-4-7-10(11)8-9;1-2-3-4-5/h4,6-8H,2-3,5,11H2,1H3;2-5H2,1H3. The molecular weight excluding hydrogens is 196 g/mol. The molecule has 4 N–H and O–H groups in total. The van der Waals surface area contributed by atoms with E-state index in [1.807, 2.05) is 12.1 Å². The van der Waals surface area contributed by atoms with Crippen molar-refractivity contribution in [2.45, 2.75) is 46.0 Å². The summed E-state index contributed by atoms with van der Waals surface area (Å²) >= 11 is 0. The van der Waals surface area contributed by atoms with Crippen molar-refractivity contribution in [3.63, 3.8) is 0 Å². The summed E-state index contributed by atoms with van der Waals surface area (Å²) in [7, 11) is 0. The number of nitrogens with two attached hydrogens (primary N) is 2. The van der Waals surface area contributed by atoms with Crippen molar-refractivity contribution in [2.75, 3.05) is 12.3 Å². The number of benzene rings is 1. The van der Waals surface area contributed by atoms with Crippen molar-refractivity contribution in [1.82, 2.24) is 0 Å². The molecule has 1 rings (SSSR count). The van der Waals surface area contributed by atoms with Crippen LogP contribution in [0.3, 0.4) is 0 Å². The first kappa shape index (κ1) is 15.0. The Hall–Kier alpha value is -1.02. The summed E-state index contributed by atoms with van der Waals surface area (Å²) < 4.78 is 0. The third kappa shape index (κ3) is 8.30. The molecule has 0 saturated heterocycles. The van der Waals surface area contributed by atoms with Crippen LogP contribution in [0.2, 0.25) is 0 Å². The topological polar surface area (TPSA) is 52.0 Å². The van der Waals surface area contributed by atoms with E-state index in [-0.39, 0.29) is 0 Å². The minimum Gasteiger partial charge on any atom is -0.399 e. The summed E-state index contributed by atoms with van der Waals surface area (Å²) in [5.41, 5.74) is 13.0. The maximum absolute atomic E-state index is 5.63. The molecule has 0 aliphatic carbocycles. The molecule has 0 aliphatic rings. The second kappa shape index (κ2) is 10.5. The highest BCUT2D eigenvalue weighted by Gasteiger charge is 1.91. The summed E-state index contributed by atoms with van der Waals surface area (Å²) in [6.07, 6.45) is 6.04. The Morgan fingerprint density at radius 1 is 1.06 bits per heavy atom. The molecule has 0 unspecified atom stereocenters. The Kier molecular flexibility index (Phi) is 9.83. The van der Waals surface area contributed by atoms with E-state index in [1.165, 1.54) is 31.2 Å². The van der Waals surface area contributed by atoms with Crippen molar-refractivity contribution in [3.05, 3.63) is 29.8 Å². The molecule has 0 radical (unpaired) electrons. The summed E-state index contributed by atoms with van der Waals surface area (Å²) in [5, 5.41) is 0. The van der Waals surface area contributed by atoms with E-state index in [2.05, 4.69) is 26.0 Å². The van der Waals surface area contributed by atoms with Gasteiger partial charge < -0.3 is 11.5 Å². The van der Waals surface area contributed by atoms with Gasteiger partial charge in [0.2, 0.25) is 0 Å². The van der Waals surface area contributed by atoms with Crippen LogP contribution in [-0.4, -0.2) is 6.54 Å². The first-order valence-corrected chi connectivity index (χ1v) is 6.29. The Morgan fingerprint density at radius 2 is 1.75 bits per heavy atom. The lowest BCUT2D eigenvalue weighted by atomic mass is 10.1. The van der Waals surface area contributed by atoms with Crippen LogP contribution in [0.1, 0.15) is 45.1 Å². The predicted molar refractivity (Wildman–Crippen MR) is 73.4 cm³/mol. The van der Waals surface area contributed by atoms with E-state index in [0.717, 1.165) is 18.7 Å². The summed E-state index contributed by atoms with van der Waals surface area (Å²) in [6, 6.07) is 8.12. The molecule has 0 amide bonds. The Labute approximate surface area is 100 Å². The first-order chi connectivity index (χ1) is 7.74. The molecule has 92 valence electrons. The van der Waals surface area contributed by atoms with Crippen molar-refractivity contribution in [1.29, 1.82) is 0 Å². The number of anilines is 1. The SMILES string of the molecule is CCCCN.CCCCc1cccc(N)c1. The van der Waals surface area contributed by atoms with Gasteiger partial charge in [0.1, 0.15) is 0 Å². The van der Waals surface area contributed by atoms with Crippen LogP contribution in [0, 0.1) is 0 Å². The number of hydrogen-bond acceptors (Lipinski definition) is 2. The van der Waals surface area contributed by atoms with Crippen molar-refractivity contribution in [3.8, 4) is 0 Å². The van der Waals surface area contributed by atoms with Gasteiger partial charge in [0, 0.05) is 5.69 Å². The Morgan fingerprint density at radius 3 is 2.19 bits per heavy atom. The quantitative estimate of drug-likeness (QED) is 0.751. The molecule has 0 fully saturated rings. The number of hydrogen-bond donors (Lipinski definition) is 2. The van der Waals surface area contributed by atoms with Gasteiger partial charge in [-0.1, -0.05) is 38.8 Å². The predicted octanol–water partition coefficient (Wildman–Crippen LogP) is 3.36. The molecule has 0 saturated carbocycles. The highest BCUT2D eigenvalue weighted by molar-refractivity contribution is 5.40. The highest BCUT2D eigenvalue weighted by Crippen LogP contribution is 2.09. The number of unbranched alkanes of at least 4 members (excludes halogenated alkanes) is 2. The van der Waals surface area contributed by atoms with E-state index in [0.29, 0.717) is 0 Å². The van der Waals surface area contributed by atoms with Crippen LogP contribution < -0.4 is 11.5 Å². The molecule has 16 heavy (non-hydrogen) atoms. The maximum atomic E-state index is 5.63. The molecular formula is C14H26N2. The van der Waals surface area contributed by atoms with Gasteiger partial charge in [-0.3, -0.25) is 0 Å². The largest absolute Gasteiger partial charge is 0.399 e. The summed E-state index contributed by atoms with van der Waals surface area (Å²) in [4.78, 5) is 0. The fourth-order valence-electron chi connectivity index (χ4n) is 1.33. The van der Waals surface area contributed by atoms with Gasteiger partial charge in [-0.2, -0.15) is 0 Å². The second-order valence-corrected chi connectivity index (χ2v) is 3.99. The molecule has 0 spiro atoms. The smallest absolute Gasteiger partial charge is 0.0316 e. The molecule has 0 heterocycles. The third-order valence-electron chi connectivity index (χ3n) is 2.33. The minimum absolute atomic E-state index is 0.844. The maximum Gasteiger partial charge on any atom is 0.0316 e. The van der Waals surface area contributed by atoms with Crippen LogP contribution in [0.5, 0.6) is 0 Å². The van der Waals surface area contributed by atoms with E-state index >= 15 is 0 Å². The van der Waals surface area contributed by atoms with Gasteiger partial charge in [-0.25, -0.2) is 0 Å². The van der Waals surface area contributed by atoms with Gasteiger partial charge in [0.05, 0.1) is 0 Å². The fourth-order valence-corrected chi connectivity index (χ4v) is 1.33. The average molecular weight is 222 g/mol. The van der Waals surface area contributed by atoms with Crippen LogP contribution in [-0.2, 0) is 6.42 Å². The summed E-state index contributed by atoms with van der Waals surface area (Å²) in [5.74, 6) is 0. The van der Waals surface area contributed by atoms with E-state index in [9.17, 15) is 0 Å². The van der Waals surface area contributed by atoms with Crippen molar-refractivity contribution >= 4 is 5.69 Å². The normalized spacial score (nSPS) is 9.44. The van der Waals surface area contributed by atoms with Crippen LogP contribution in [0.4, 0.5) is 5.69 Å². The van der Waals surface area contributed by atoms with Gasteiger partial charge in [0.25, 0.3) is 0 Å². The second-order valence-electron chi connectivity index (χ2n) is 3.99. The average Bonchev–Trinajstić information content (AvgIpc) is 2.28. The van der Waals surface area contributed by atoms with E-state index < -0.39 is 0 Å². The number of aryl methyl sites for hydroxylation is 1. The molecule has 1 aromatic carbocycles. The van der Waals surface area contributed by atoms with Gasteiger partial charge in [-0.05, 0) is 43.5 Å². The molecule has 0 aromatic heterocycles. The molecule has 2 heteroatoms. The van der Waals surface area contributed by atoms with Crippen molar-refractivity contribution < 1.29 is 0 Å². The molecule has 0 bridgehead atoms. The minimum atomic E-state index is 0.844. The fraction of sp³-hybridized carbons (Fsp3) is 0.571. The molecule has 1 aromatic rings. The third-order valence-corrected chi connectivity index (χ3v) is 2.33. The Bertz CT molecular complexity index is 257. The zero-order valence-electron chi connectivity index (χ0n) is 10.7. The lowest BCUT2D eigenvalue weighted by Gasteiger charge is -1.99. The lowest BCUT2D eigenvalue weighted by molar-refractivity contribution is 0.795. The molecule has 0 aliphatic heterocycles.